The molecule has 112 valence electrons. The summed E-state index contributed by atoms with van der Waals surface area (Å²) in [6.45, 7) is 3.00. The van der Waals surface area contributed by atoms with Crippen molar-refractivity contribution < 1.29 is 4.74 Å². The van der Waals surface area contributed by atoms with Gasteiger partial charge in [-0.1, -0.05) is 23.2 Å². The van der Waals surface area contributed by atoms with Crippen molar-refractivity contribution in [1.82, 2.24) is 0 Å². The van der Waals surface area contributed by atoms with E-state index in [0.29, 0.717) is 15.8 Å². The average molecular weight is 342 g/mol. The molecule has 0 saturated heterocycles. The maximum atomic E-state index is 6.03. The summed E-state index contributed by atoms with van der Waals surface area (Å²) in [6.07, 6.45) is 2.06. The first-order chi connectivity index (χ1) is 10.0. The molecule has 0 aromatic heterocycles. The summed E-state index contributed by atoms with van der Waals surface area (Å²) in [4.78, 5) is 3.35. The van der Waals surface area contributed by atoms with Gasteiger partial charge < -0.3 is 9.64 Å². The Hall–Kier alpha value is -1.03. The van der Waals surface area contributed by atoms with Crippen LogP contribution in [0.15, 0.2) is 41.3 Å². The van der Waals surface area contributed by atoms with Crippen LogP contribution in [0.2, 0.25) is 10.0 Å². The van der Waals surface area contributed by atoms with Gasteiger partial charge in [-0.3, -0.25) is 0 Å². The van der Waals surface area contributed by atoms with E-state index in [2.05, 4.69) is 24.1 Å². The number of halogens is 2. The third-order valence-electron chi connectivity index (χ3n) is 3.17. The van der Waals surface area contributed by atoms with Crippen LogP contribution in [0.4, 0.5) is 5.69 Å². The van der Waals surface area contributed by atoms with E-state index < -0.39 is 0 Å². The molecule has 0 atom stereocenters. The van der Waals surface area contributed by atoms with Crippen LogP contribution < -0.4 is 9.64 Å². The number of hydrogen-bond acceptors (Lipinski definition) is 3. The molecular weight excluding hydrogens is 325 g/mol. The summed E-state index contributed by atoms with van der Waals surface area (Å²) in [5, 5.41) is 1.01. The molecule has 0 aliphatic rings. The summed E-state index contributed by atoms with van der Waals surface area (Å²) in [6, 6.07) is 11.4. The highest BCUT2D eigenvalue weighted by atomic mass is 35.5. The summed E-state index contributed by atoms with van der Waals surface area (Å²) >= 11 is 13.7. The first kappa shape index (κ1) is 16.3. The van der Waals surface area contributed by atoms with E-state index >= 15 is 0 Å². The molecule has 21 heavy (non-hydrogen) atoms. The van der Waals surface area contributed by atoms with Gasteiger partial charge in [-0.25, -0.2) is 0 Å². The predicted octanol–water partition coefficient (Wildman–Crippen LogP) is 5.96. The van der Waals surface area contributed by atoms with Crippen molar-refractivity contribution in [3.63, 3.8) is 0 Å². The van der Waals surface area contributed by atoms with E-state index in [1.807, 2.05) is 25.2 Å². The zero-order chi connectivity index (χ0) is 15.4. The number of benzene rings is 2. The summed E-state index contributed by atoms with van der Waals surface area (Å²) in [5.74, 6) is 1.47. The van der Waals surface area contributed by atoms with Crippen LogP contribution in [0.25, 0.3) is 0 Å². The first-order valence-corrected chi connectivity index (χ1v) is 8.55. The van der Waals surface area contributed by atoms with Crippen LogP contribution >= 0.6 is 35.0 Å². The Bertz CT molecular complexity index is 634. The molecule has 0 aliphatic carbocycles. The summed E-state index contributed by atoms with van der Waals surface area (Å²) < 4.78 is 5.97. The topological polar surface area (TPSA) is 12.5 Å². The fourth-order valence-electron chi connectivity index (χ4n) is 1.85. The lowest BCUT2D eigenvalue weighted by Gasteiger charge is -2.21. The van der Waals surface area contributed by atoms with E-state index in [1.54, 1.807) is 23.9 Å². The van der Waals surface area contributed by atoms with Crippen LogP contribution in [-0.2, 0) is 0 Å². The van der Waals surface area contributed by atoms with Crippen LogP contribution in [-0.4, -0.2) is 19.8 Å². The van der Waals surface area contributed by atoms with E-state index in [0.717, 1.165) is 18.0 Å². The molecule has 0 heterocycles. The lowest BCUT2D eigenvalue weighted by molar-refractivity contribution is 0.482. The average Bonchev–Trinajstić information content (AvgIpc) is 2.50. The highest BCUT2D eigenvalue weighted by Gasteiger charge is 2.10. The van der Waals surface area contributed by atoms with Gasteiger partial charge in [0.1, 0.15) is 5.75 Å². The fraction of sp³-hybridized carbons (Fsp3) is 0.250. The number of anilines is 1. The third-order valence-corrected chi connectivity index (χ3v) is 4.63. The quantitative estimate of drug-likeness (QED) is 0.622. The van der Waals surface area contributed by atoms with E-state index in [9.17, 15) is 0 Å². The van der Waals surface area contributed by atoms with Gasteiger partial charge in [-0.15, -0.1) is 11.8 Å². The Morgan fingerprint density at radius 1 is 1.10 bits per heavy atom. The normalized spacial score (nSPS) is 10.5. The Morgan fingerprint density at radius 2 is 1.86 bits per heavy atom. The maximum absolute atomic E-state index is 6.03. The monoisotopic (exact) mass is 341 g/mol. The first-order valence-electron chi connectivity index (χ1n) is 6.57. The molecule has 2 aromatic rings. The molecule has 0 saturated carbocycles. The zero-order valence-electron chi connectivity index (χ0n) is 12.2. The van der Waals surface area contributed by atoms with Gasteiger partial charge in [-0.05, 0) is 43.5 Å². The van der Waals surface area contributed by atoms with Crippen LogP contribution in [0.3, 0.4) is 0 Å². The standard InChI is InChI=1S/C16H17Cl2NOS/c1-4-19(2)15-10-12(21-3)6-8-16(15)20-11-5-7-13(17)14(18)9-11/h5-10H,4H2,1-3H3. The van der Waals surface area contributed by atoms with Gasteiger partial charge in [0.2, 0.25) is 0 Å². The molecule has 0 fully saturated rings. The molecule has 0 N–H and O–H groups in total. The Morgan fingerprint density at radius 3 is 2.48 bits per heavy atom. The minimum Gasteiger partial charge on any atom is -0.455 e. The second kappa shape index (κ2) is 7.30. The predicted molar refractivity (Wildman–Crippen MR) is 93.7 cm³/mol. The van der Waals surface area contributed by atoms with Gasteiger partial charge in [-0.2, -0.15) is 0 Å². The summed E-state index contributed by atoms with van der Waals surface area (Å²) in [5.41, 5.74) is 1.05. The second-order valence-electron chi connectivity index (χ2n) is 4.53. The molecule has 0 amide bonds. The highest BCUT2D eigenvalue weighted by Crippen LogP contribution is 2.36. The molecular formula is C16H17Cl2NOS. The maximum Gasteiger partial charge on any atom is 0.150 e. The molecule has 5 heteroatoms. The van der Waals surface area contributed by atoms with Gasteiger partial charge >= 0.3 is 0 Å². The fourth-order valence-corrected chi connectivity index (χ4v) is 2.57. The van der Waals surface area contributed by atoms with E-state index in [-0.39, 0.29) is 0 Å². The van der Waals surface area contributed by atoms with Crippen molar-refractivity contribution in [3.05, 3.63) is 46.4 Å². The SMILES string of the molecule is CCN(C)c1cc(SC)ccc1Oc1ccc(Cl)c(Cl)c1. The van der Waals surface area contributed by atoms with Crippen molar-refractivity contribution in [2.24, 2.45) is 0 Å². The number of nitrogens with zero attached hydrogens (tertiary/aromatic N) is 1. The highest BCUT2D eigenvalue weighted by molar-refractivity contribution is 7.98. The largest absolute Gasteiger partial charge is 0.455 e. The van der Waals surface area contributed by atoms with Gasteiger partial charge in [0.05, 0.1) is 15.7 Å². The lowest BCUT2D eigenvalue weighted by Crippen LogP contribution is -2.16. The van der Waals surface area contributed by atoms with E-state index in [4.69, 9.17) is 27.9 Å². The van der Waals surface area contributed by atoms with Crippen LogP contribution in [0.1, 0.15) is 6.92 Å². The van der Waals surface area contributed by atoms with Crippen molar-refractivity contribution >= 4 is 40.7 Å². The number of ether oxygens (including phenoxy) is 1. The lowest BCUT2D eigenvalue weighted by atomic mass is 10.2. The molecule has 0 bridgehead atoms. The minimum absolute atomic E-state index is 0.486. The van der Waals surface area contributed by atoms with Crippen LogP contribution in [0.5, 0.6) is 11.5 Å². The molecule has 0 unspecified atom stereocenters. The summed E-state index contributed by atoms with van der Waals surface area (Å²) in [7, 11) is 2.04. The van der Waals surface area contributed by atoms with Gasteiger partial charge in [0.15, 0.2) is 5.75 Å². The zero-order valence-corrected chi connectivity index (χ0v) is 14.5. The minimum atomic E-state index is 0.486. The third kappa shape index (κ3) is 4.00. The molecule has 0 aliphatic heterocycles. The van der Waals surface area contributed by atoms with E-state index in [1.165, 1.54) is 4.90 Å². The van der Waals surface area contributed by atoms with Crippen molar-refractivity contribution in [1.29, 1.82) is 0 Å². The molecule has 0 radical (unpaired) electrons. The Balaban J connectivity index is 2.36. The van der Waals surface area contributed by atoms with Crippen molar-refractivity contribution in [3.8, 4) is 11.5 Å². The Labute approximate surface area is 140 Å². The van der Waals surface area contributed by atoms with Crippen molar-refractivity contribution in [2.45, 2.75) is 11.8 Å². The molecule has 0 spiro atoms. The van der Waals surface area contributed by atoms with Gasteiger partial charge in [0.25, 0.3) is 0 Å². The molecule has 2 rings (SSSR count). The number of thioether (sulfide) groups is 1. The van der Waals surface area contributed by atoms with Crippen molar-refractivity contribution in [2.75, 3.05) is 24.7 Å². The smallest absolute Gasteiger partial charge is 0.150 e. The number of hydrogen-bond donors (Lipinski definition) is 0. The molecule has 2 nitrogen and oxygen atoms in total. The second-order valence-corrected chi connectivity index (χ2v) is 6.22. The van der Waals surface area contributed by atoms with Gasteiger partial charge in [0, 0.05) is 24.6 Å². The van der Waals surface area contributed by atoms with Crippen LogP contribution in [0, 0.1) is 0 Å². The number of rotatable bonds is 5. The molecule has 2 aromatic carbocycles. The Kier molecular flexibility index (Phi) is 5.68.